The summed E-state index contributed by atoms with van der Waals surface area (Å²) in [6.07, 6.45) is 1.55. The van der Waals surface area contributed by atoms with Crippen molar-refractivity contribution in [2.75, 3.05) is 38.2 Å². The SMILES string of the molecule is O=C(NC[C@H]1O[C@@H]2C[C@@H](CC(=O)N3CCOCC3)O[C@@H]2[C@@H]1O)Nc1cccnc1. The van der Waals surface area contributed by atoms with Gasteiger partial charge in [-0.1, -0.05) is 0 Å². The topological polar surface area (TPSA) is 122 Å². The minimum atomic E-state index is -0.859. The summed E-state index contributed by atoms with van der Waals surface area (Å²) in [4.78, 5) is 30.1. The molecule has 4 rings (SSSR count). The number of urea groups is 1. The van der Waals surface area contributed by atoms with E-state index in [-0.39, 0.29) is 31.1 Å². The van der Waals surface area contributed by atoms with Gasteiger partial charge in [-0.3, -0.25) is 9.78 Å². The molecule has 0 aromatic carbocycles. The van der Waals surface area contributed by atoms with Crippen LogP contribution in [0.4, 0.5) is 10.5 Å². The number of carbonyl (C=O) groups is 2. The van der Waals surface area contributed by atoms with Gasteiger partial charge in [0.25, 0.3) is 0 Å². The van der Waals surface area contributed by atoms with Gasteiger partial charge in [0.1, 0.15) is 18.3 Å². The average molecular weight is 406 g/mol. The third-order valence-corrected chi connectivity index (χ3v) is 5.43. The molecule has 10 nitrogen and oxygen atoms in total. The first kappa shape index (κ1) is 20.0. The van der Waals surface area contributed by atoms with Crippen LogP contribution < -0.4 is 10.6 Å². The van der Waals surface area contributed by atoms with Crippen molar-refractivity contribution in [3.05, 3.63) is 24.5 Å². The molecule has 0 spiro atoms. The molecule has 3 aliphatic rings. The summed E-state index contributed by atoms with van der Waals surface area (Å²) in [5.41, 5.74) is 0.575. The number of morpholine rings is 1. The number of nitrogens with zero attached hydrogens (tertiary/aromatic N) is 2. The van der Waals surface area contributed by atoms with E-state index in [0.717, 1.165) is 0 Å². The monoisotopic (exact) mass is 406 g/mol. The quantitative estimate of drug-likeness (QED) is 0.616. The van der Waals surface area contributed by atoms with Gasteiger partial charge in [0, 0.05) is 32.3 Å². The number of hydrogen-bond donors (Lipinski definition) is 3. The lowest BCUT2D eigenvalue weighted by atomic mass is 10.1. The highest BCUT2D eigenvalue weighted by Crippen LogP contribution is 2.35. The van der Waals surface area contributed by atoms with Crippen molar-refractivity contribution in [3.63, 3.8) is 0 Å². The van der Waals surface area contributed by atoms with E-state index < -0.39 is 24.3 Å². The highest BCUT2D eigenvalue weighted by molar-refractivity contribution is 5.88. The smallest absolute Gasteiger partial charge is 0.319 e. The third kappa shape index (κ3) is 4.84. The number of aliphatic hydroxyl groups excluding tert-OH is 1. The second kappa shape index (κ2) is 9.04. The molecule has 0 unspecified atom stereocenters. The minimum Gasteiger partial charge on any atom is -0.388 e. The van der Waals surface area contributed by atoms with Crippen molar-refractivity contribution in [2.24, 2.45) is 0 Å². The Morgan fingerprint density at radius 1 is 1.28 bits per heavy atom. The first-order valence-corrected chi connectivity index (χ1v) is 9.89. The maximum atomic E-state index is 12.4. The molecular weight excluding hydrogens is 380 g/mol. The van der Waals surface area contributed by atoms with Crippen LogP contribution in [0.5, 0.6) is 0 Å². The summed E-state index contributed by atoms with van der Waals surface area (Å²) in [6, 6.07) is 3.04. The average Bonchev–Trinajstić information content (AvgIpc) is 3.26. The maximum Gasteiger partial charge on any atom is 0.319 e. The van der Waals surface area contributed by atoms with Gasteiger partial charge in [0.2, 0.25) is 5.91 Å². The Bertz CT molecular complexity index is 714. The van der Waals surface area contributed by atoms with Crippen LogP contribution in [-0.4, -0.2) is 90.3 Å². The summed E-state index contributed by atoms with van der Waals surface area (Å²) in [5, 5.41) is 15.9. The van der Waals surface area contributed by atoms with Gasteiger partial charge in [-0.2, -0.15) is 0 Å². The molecular formula is C19H26N4O6. The molecule has 1 aromatic rings. The fraction of sp³-hybridized carbons (Fsp3) is 0.632. The second-order valence-electron chi connectivity index (χ2n) is 7.44. The molecule has 29 heavy (non-hydrogen) atoms. The fourth-order valence-electron chi connectivity index (χ4n) is 3.95. The Hall–Kier alpha value is -2.27. The van der Waals surface area contributed by atoms with E-state index in [9.17, 15) is 14.7 Å². The van der Waals surface area contributed by atoms with Gasteiger partial charge in [0.15, 0.2) is 0 Å². The van der Waals surface area contributed by atoms with Crippen molar-refractivity contribution >= 4 is 17.6 Å². The summed E-state index contributed by atoms with van der Waals surface area (Å²) in [7, 11) is 0. The summed E-state index contributed by atoms with van der Waals surface area (Å²) >= 11 is 0. The first-order chi connectivity index (χ1) is 14.1. The maximum absolute atomic E-state index is 12.4. The van der Waals surface area contributed by atoms with Gasteiger partial charge in [-0.05, 0) is 12.1 Å². The van der Waals surface area contributed by atoms with Crippen molar-refractivity contribution in [1.29, 1.82) is 0 Å². The van der Waals surface area contributed by atoms with Gasteiger partial charge in [0.05, 0.1) is 43.7 Å². The van der Waals surface area contributed by atoms with Crippen molar-refractivity contribution < 1.29 is 28.9 Å². The van der Waals surface area contributed by atoms with E-state index in [4.69, 9.17) is 14.2 Å². The zero-order chi connectivity index (χ0) is 20.2. The third-order valence-electron chi connectivity index (χ3n) is 5.43. The number of carbonyl (C=O) groups excluding carboxylic acids is 2. The van der Waals surface area contributed by atoms with Gasteiger partial charge < -0.3 is 34.9 Å². The Balaban J connectivity index is 1.21. The first-order valence-electron chi connectivity index (χ1n) is 9.89. The Morgan fingerprint density at radius 2 is 2.10 bits per heavy atom. The Kier molecular flexibility index (Phi) is 6.24. The highest BCUT2D eigenvalue weighted by atomic mass is 16.6. The summed E-state index contributed by atoms with van der Waals surface area (Å²) in [5.74, 6) is 0.0399. The van der Waals surface area contributed by atoms with Crippen LogP contribution in [0, 0.1) is 0 Å². The molecule has 1 aromatic heterocycles. The second-order valence-corrected chi connectivity index (χ2v) is 7.44. The van der Waals surface area contributed by atoms with Gasteiger partial charge in [-0.25, -0.2) is 4.79 Å². The molecule has 3 amide bonds. The van der Waals surface area contributed by atoms with Crippen LogP contribution in [-0.2, 0) is 19.0 Å². The normalized spacial score (nSPS) is 31.3. The number of aliphatic hydroxyl groups is 1. The molecule has 0 saturated carbocycles. The molecule has 5 atom stereocenters. The molecule has 0 bridgehead atoms. The fourth-order valence-corrected chi connectivity index (χ4v) is 3.95. The van der Waals surface area contributed by atoms with Crippen molar-refractivity contribution in [1.82, 2.24) is 15.2 Å². The minimum absolute atomic E-state index is 0.0399. The van der Waals surface area contributed by atoms with Crippen LogP contribution in [0.3, 0.4) is 0 Å². The number of rotatable bonds is 5. The number of amides is 3. The summed E-state index contributed by atoms with van der Waals surface area (Å²) in [6.45, 7) is 2.49. The van der Waals surface area contributed by atoms with Crippen LogP contribution in [0.1, 0.15) is 12.8 Å². The van der Waals surface area contributed by atoms with Crippen LogP contribution in [0.15, 0.2) is 24.5 Å². The van der Waals surface area contributed by atoms with Gasteiger partial charge in [-0.15, -0.1) is 0 Å². The lowest BCUT2D eigenvalue weighted by Gasteiger charge is -2.28. The molecule has 0 radical (unpaired) electrons. The Morgan fingerprint density at radius 3 is 2.83 bits per heavy atom. The van der Waals surface area contributed by atoms with Crippen LogP contribution in [0.2, 0.25) is 0 Å². The van der Waals surface area contributed by atoms with E-state index in [2.05, 4.69) is 15.6 Å². The van der Waals surface area contributed by atoms with Crippen LogP contribution in [0.25, 0.3) is 0 Å². The standard InChI is InChI=1S/C19H26N4O6/c24-16(23-4-6-27-7-5-23)9-13-8-14-18(28-13)17(25)15(29-14)11-21-19(26)22-12-2-1-3-20-10-12/h1-3,10,13-15,17-18,25H,4-9,11H2,(H2,21,22,26)/t13-,14+,15+,17+,18-/m0/s1. The largest absolute Gasteiger partial charge is 0.388 e. The number of pyridine rings is 1. The number of ether oxygens (including phenoxy) is 3. The van der Waals surface area contributed by atoms with E-state index in [0.29, 0.717) is 38.4 Å². The summed E-state index contributed by atoms with van der Waals surface area (Å²) < 4.78 is 17.0. The van der Waals surface area contributed by atoms with E-state index in [1.807, 2.05) is 0 Å². The molecule has 158 valence electrons. The lowest BCUT2D eigenvalue weighted by Crippen LogP contribution is -2.43. The van der Waals surface area contributed by atoms with Crippen molar-refractivity contribution in [2.45, 2.75) is 43.4 Å². The number of hydrogen-bond acceptors (Lipinski definition) is 7. The number of aromatic nitrogens is 1. The number of anilines is 1. The van der Waals surface area contributed by atoms with Crippen LogP contribution >= 0.6 is 0 Å². The number of fused-ring (bicyclic) bond motifs is 1. The molecule has 3 fully saturated rings. The van der Waals surface area contributed by atoms with E-state index >= 15 is 0 Å². The molecule has 4 heterocycles. The predicted octanol–water partition coefficient (Wildman–Crippen LogP) is -0.262. The number of nitrogens with one attached hydrogen (secondary N) is 2. The lowest BCUT2D eigenvalue weighted by molar-refractivity contribution is -0.138. The van der Waals surface area contributed by atoms with Gasteiger partial charge >= 0.3 is 6.03 Å². The molecule has 3 saturated heterocycles. The molecule has 3 N–H and O–H groups in total. The zero-order valence-corrected chi connectivity index (χ0v) is 16.0. The molecule has 0 aliphatic carbocycles. The highest BCUT2D eigenvalue weighted by Gasteiger charge is 2.50. The zero-order valence-electron chi connectivity index (χ0n) is 16.0. The van der Waals surface area contributed by atoms with E-state index in [1.165, 1.54) is 6.20 Å². The van der Waals surface area contributed by atoms with E-state index in [1.54, 1.807) is 23.2 Å². The molecule has 3 aliphatic heterocycles. The van der Waals surface area contributed by atoms with Crippen molar-refractivity contribution in [3.8, 4) is 0 Å². The predicted molar refractivity (Wildman–Crippen MR) is 101 cm³/mol. The molecule has 10 heteroatoms. The Labute approximate surface area is 168 Å².